The van der Waals surface area contributed by atoms with Gasteiger partial charge in [-0.25, -0.2) is 8.42 Å². The lowest BCUT2D eigenvalue weighted by atomic mass is 10.1. The van der Waals surface area contributed by atoms with E-state index in [9.17, 15) is 13.2 Å². The van der Waals surface area contributed by atoms with Crippen molar-refractivity contribution in [3.8, 4) is 17.1 Å². The molecule has 7 nitrogen and oxygen atoms in total. The molecule has 152 valence electrons. The number of methoxy groups -OCH3 is 1. The van der Waals surface area contributed by atoms with Gasteiger partial charge in [0.25, 0.3) is 0 Å². The van der Waals surface area contributed by atoms with Crippen LogP contribution in [-0.2, 0) is 14.6 Å². The van der Waals surface area contributed by atoms with Crippen molar-refractivity contribution in [2.45, 2.75) is 25.2 Å². The van der Waals surface area contributed by atoms with E-state index >= 15 is 0 Å². The zero-order valence-corrected chi connectivity index (χ0v) is 17.2. The fourth-order valence-electron chi connectivity index (χ4n) is 2.77. The predicted molar refractivity (Wildman–Crippen MR) is 110 cm³/mol. The first-order chi connectivity index (χ1) is 13.8. The number of carbonyl (C=O) groups excluding carboxylic acids is 1. The largest absolute Gasteiger partial charge is 0.495 e. The summed E-state index contributed by atoms with van der Waals surface area (Å²) >= 11 is 0. The molecule has 1 aromatic heterocycles. The molecule has 3 rings (SSSR count). The quantitative estimate of drug-likeness (QED) is 0.632. The van der Waals surface area contributed by atoms with Crippen molar-refractivity contribution in [2.75, 3.05) is 18.2 Å². The van der Waals surface area contributed by atoms with Gasteiger partial charge in [0.05, 0.1) is 18.6 Å². The summed E-state index contributed by atoms with van der Waals surface area (Å²) < 4.78 is 36.2. The number of benzene rings is 2. The minimum Gasteiger partial charge on any atom is -0.495 e. The zero-order valence-electron chi connectivity index (χ0n) is 16.4. The van der Waals surface area contributed by atoms with E-state index < -0.39 is 9.84 Å². The molecule has 0 fully saturated rings. The van der Waals surface area contributed by atoms with Crippen molar-refractivity contribution >= 4 is 21.4 Å². The van der Waals surface area contributed by atoms with Crippen LogP contribution in [0, 0.1) is 13.8 Å². The molecule has 29 heavy (non-hydrogen) atoms. The Morgan fingerprint density at radius 2 is 1.83 bits per heavy atom. The first kappa shape index (κ1) is 20.6. The Morgan fingerprint density at radius 1 is 1.10 bits per heavy atom. The van der Waals surface area contributed by atoms with E-state index in [-0.39, 0.29) is 28.7 Å². The van der Waals surface area contributed by atoms with E-state index in [1.807, 2.05) is 19.1 Å². The number of carbonyl (C=O) groups is 1. The van der Waals surface area contributed by atoms with Gasteiger partial charge in [-0.2, -0.15) is 0 Å². The van der Waals surface area contributed by atoms with Gasteiger partial charge in [-0.1, -0.05) is 22.9 Å². The van der Waals surface area contributed by atoms with Crippen LogP contribution in [0.5, 0.6) is 5.75 Å². The monoisotopic (exact) mass is 414 g/mol. The Kier molecular flexibility index (Phi) is 6.03. The minimum absolute atomic E-state index is 0.00897. The number of aryl methyl sites for hydroxylation is 2. The second-order valence-electron chi connectivity index (χ2n) is 6.68. The molecule has 0 atom stereocenters. The first-order valence-corrected chi connectivity index (χ1v) is 10.6. The molecule has 0 aliphatic heterocycles. The lowest BCUT2D eigenvalue weighted by molar-refractivity contribution is -0.115. The van der Waals surface area contributed by atoms with E-state index in [0.717, 1.165) is 5.56 Å². The number of anilines is 1. The normalized spacial score (nSPS) is 11.3. The van der Waals surface area contributed by atoms with E-state index in [1.165, 1.54) is 13.2 Å². The van der Waals surface area contributed by atoms with Gasteiger partial charge in [-0.3, -0.25) is 4.79 Å². The van der Waals surface area contributed by atoms with Crippen molar-refractivity contribution in [2.24, 2.45) is 0 Å². The number of aromatic nitrogens is 1. The number of amides is 1. The molecule has 0 radical (unpaired) electrons. The van der Waals surface area contributed by atoms with E-state index in [4.69, 9.17) is 9.26 Å². The van der Waals surface area contributed by atoms with Gasteiger partial charge in [0.15, 0.2) is 15.6 Å². The van der Waals surface area contributed by atoms with Crippen LogP contribution >= 0.6 is 0 Å². The summed E-state index contributed by atoms with van der Waals surface area (Å²) in [5, 5.41) is 6.53. The summed E-state index contributed by atoms with van der Waals surface area (Å²) in [6, 6.07) is 13.7. The molecule has 0 bridgehead atoms. The molecule has 1 amide bonds. The van der Waals surface area contributed by atoms with Crippen LogP contribution in [-0.4, -0.2) is 32.3 Å². The summed E-state index contributed by atoms with van der Waals surface area (Å²) in [4.78, 5) is 12.2. The number of ether oxygens (including phenoxy) is 1. The van der Waals surface area contributed by atoms with E-state index in [1.54, 1.807) is 37.3 Å². The molecule has 0 aliphatic carbocycles. The van der Waals surface area contributed by atoms with Crippen molar-refractivity contribution in [1.29, 1.82) is 0 Å². The molecule has 3 aromatic rings. The third-order valence-corrected chi connectivity index (χ3v) is 6.08. The number of nitrogens with one attached hydrogen (secondary N) is 1. The molecule has 0 saturated carbocycles. The molecular weight excluding hydrogens is 392 g/mol. The van der Waals surface area contributed by atoms with Crippen molar-refractivity contribution in [3.63, 3.8) is 0 Å². The highest BCUT2D eigenvalue weighted by molar-refractivity contribution is 7.91. The SMILES string of the molecule is COc1ccc(-c2cc(C)no2)cc1S(=O)(=O)CCC(=O)Nc1ccc(C)cc1. The summed E-state index contributed by atoms with van der Waals surface area (Å²) in [6.45, 7) is 3.72. The van der Waals surface area contributed by atoms with Crippen LogP contribution in [0.3, 0.4) is 0 Å². The third-order valence-electron chi connectivity index (χ3n) is 4.34. The number of nitrogens with zero attached hydrogens (tertiary/aromatic N) is 1. The molecule has 8 heteroatoms. The maximum atomic E-state index is 12.9. The van der Waals surface area contributed by atoms with Crippen LogP contribution in [0.4, 0.5) is 5.69 Å². The van der Waals surface area contributed by atoms with E-state index in [0.29, 0.717) is 22.7 Å². The molecule has 0 saturated heterocycles. The fraction of sp³-hybridized carbons (Fsp3) is 0.238. The average molecular weight is 414 g/mol. The van der Waals surface area contributed by atoms with Crippen LogP contribution < -0.4 is 10.1 Å². The van der Waals surface area contributed by atoms with Gasteiger partial charge in [-0.05, 0) is 44.2 Å². The highest BCUT2D eigenvalue weighted by atomic mass is 32.2. The molecule has 0 spiro atoms. The van der Waals surface area contributed by atoms with Gasteiger partial charge in [0, 0.05) is 23.7 Å². The molecule has 2 aromatic carbocycles. The van der Waals surface area contributed by atoms with Gasteiger partial charge in [0.1, 0.15) is 10.6 Å². The van der Waals surface area contributed by atoms with Crippen molar-refractivity contribution in [3.05, 3.63) is 59.8 Å². The van der Waals surface area contributed by atoms with Crippen molar-refractivity contribution < 1.29 is 22.5 Å². The van der Waals surface area contributed by atoms with Crippen LogP contribution in [0.2, 0.25) is 0 Å². The second kappa shape index (κ2) is 8.48. The Balaban J connectivity index is 1.77. The zero-order chi connectivity index (χ0) is 21.0. The minimum atomic E-state index is -3.77. The Bertz CT molecular complexity index is 1120. The highest BCUT2D eigenvalue weighted by Gasteiger charge is 2.22. The Hall–Kier alpha value is -3.13. The summed E-state index contributed by atoms with van der Waals surface area (Å²) in [5.74, 6) is -0.0546. The van der Waals surface area contributed by atoms with Gasteiger partial charge < -0.3 is 14.6 Å². The lowest BCUT2D eigenvalue weighted by Gasteiger charge is -2.11. The average Bonchev–Trinajstić information content (AvgIpc) is 3.14. The van der Waals surface area contributed by atoms with Crippen LogP contribution in [0.15, 0.2) is 57.9 Å². The van der Waals surface area contributed by atoms with Crippen LogP contribution in [0.1, 0.15) is 17.7 Å². The van der Waals surface area contributed by atoms with E-state index in [2.05, 4.69) is 10.5 Å². The number of hydrogen-bond acceptors (Lipinski definition) is 6. The lowest BCUT2D eigenvalue weighted by Crippen LogP contribution is -2.18. The van der Waals surface area contributed by atoms with Gasteiger partial charge in [0.2, 0.25) is 5.91 Å². The first-order valence-electron chi connectivity index (χ1n) is 8.99. The highest BCUT2D eigenvalue weighted by Crippen LogP contribution is 2.31. The molecule has 1 heterocycles. The second-order valence-corrected chi connectivity index (χ2v) is 8.76. The molecule has 0 unspecified atom stereocenters. The third kappa shape index (κ3) is 5.03. The maximum absolute atomic E-state index is 12.9. The van der Waals surface area contributed by atoms with Gasteiger partial charge in [-0.15, -0.1) is 0 Å². The standard InChI is InChI=1S/C21H22N2O5S/c1-14-4-7-17(8-5-14)22-21(24)10-11-29(25,26)20-13-16(6-9-18(20)27-3)19-12-15(2)23-28-19/h4-9,12-13H,10-11H2,1-3H3,(H,22,24). The predicted octanol–water partition coefficient (Wildman–Crippen LogP) is 3.77. The number of hydrogen-bond donors (Lipinski definition) is 1. The van der Waals surface area contributed by atoms with Crippen LogP contribution in [0.25, 0.3) is 11.3 Å². The molecular formula is C21H22N2O5S. The fourth-order valence-corrected chi connectivity index (χ4v) is 4.21. The van der Waals surface area contributed by atoms with Gasteiger partial charge >= 0.3 is 0 Å². The summed E-state index contributed by atoms with van der Waals surface area (Å²) in [5.41, 5.74) is 2.94. The Labute approximate surface area is 169 Å². The smallest absolute Gasteiger partial charge is 0.225 e. The summed E-state index contributed by atoms with van der Waals surface area (Å²) in [6.07, 6.45) is -0.176. The molecule has 0 aliphatic rings. The summed E-state index contributed by atoms with van der Waals surface area (Å²) in [7, 11) is -2.37. The maximum Gasteiger partial charge on any atom is 0.225 e. The topological polar surface area (TPSA) is 98.5 Å². The van der Waals surface area contributed by atoms with Crippen molar-refractivity contribution in [1.82, 2.24) is 5.16 Å². The number of rotatable bonds is 7. The number of sulfone groups is 1. The molecule has 1 N–H and O–H groups in total. The Morgan fingerprint density at radius 3 is 2.45 bits per heavy atom.